The highest BCUT2D eigenvalue weighted by atomic mass is 28.3. The molecule has 1 amide bonds. The number of nitrogens with zero attached hydrogens (tertiary/aromatic N) is 6. The van der Waals surface area contributed by atoms with E-state index in [1.807, 2.05) is 101 Å². The third-order valence-corrected chi connectivity index (χ3v) is 15.9. The van der Waals surface area contributed by atoms with Crippen molar-refractivity contribution in [1.82, 2.24) is 24.8 Å². The lowest BCUT2D eigenvalue weighted by atomic mass is 9.82. The highest BCUT2D eigenvalue weighted by molar-refractivity contribution is 6.91. The number of aromatic nitrogens is 5. The fraction of sp³-hybridized carbons (Fsp3) is 0.310. The Bertz CT molecular complexity index is 2390. The van der Waals surface area contributed by atoms with Crippen molar-refractivity contribution in [3.05, 3.63) is 137 Å². The van der Waals surface area contributed by atoms with E-state index in [0.29, 0.717) is 37.0 Å². The van der Waals surface area contributed by atoms with Gasteiger partial charge in [-0.15, -0.1) is 5.10 Å². The first-order valence-electron chi connectivity index (χ1n) is 18.5. The Morgan fingerprint density at radius 1 is 0.963 bits per heavy atom. The zero-order valence-electron chi connectivity index (χ0n) is 30.9. The van der Waals surface area contributed by atoms with Crippen molar-refractivity contribution in [1.29, 1.82) is 0 Å². The largest absolute Gasteiger partial charge is 0.497 e. The molecule has 2 aliphatic rings. The van der Waals surface area contributed by atoms with Gasteiger partial charge in [-0.25, -0.2) is 0 Å². The van der Waals surface area contributed by atoms with Gasteiger partial charge < -0.3 is 19.5 Å². The molecule has 2 aromatic heterocycles. The van der Waals surface area contributed by atoms with Gasteiger partial charge in [0.2, 0.25) is 0 Å². The maximum Gasteiger partial charge on any atom is 0.279 e. The molecule has 54 heavy (non-hydrogen) atoms. The first kappa shape index (κ1) is 35.6. The number of aliphatic hydroxyl groups is 1. The summed E-state index contributed by atoms with van der Waals surface area (Å²) in [5.41, 5.74) is 2.62. The summed E-state index contributed by atoms with van der Waals surface area (Å²) in [7, 11) is -0.661. The van der Waals surface area contributed by atoms with Crippen molar-refractivity contribution >= 4 is 35.6 Å². The fourth-order valence-electron chi connectivity index (χ4n) is 8.87. The predicted molar refractivity (Wildman–Crippen MR) is 210 cm³/mol. The van der Waals surface area contributed by atoms with Gasteiger partial charge in [0.1, 0.15) is 5.75 Å². The summed E-state index contributed by atoms with van der Waals surface area (Å²) in [6.07, 6.45) is 4.40. The average molecular weight is 741 g/mol. The average Bonchev–Trinajstić information content (AvgIpc) is 3.84. The molecule has 4 aromatic carbocycles. The molecule has 11 nitrogen and oxygen atoms in total. The number of aliphatic hydroxyl groups excluding tert-OH is 1. The van der Waals surface area contributed by atoms with Crippen LogP contribution in [-0.2, 0) is 34.6 Å². The maximum absolute atomic E-state index is 15.2. The normalized spacial score (nSPS) is 20.9. The molecule has 276 valence electrons. The smallest absolute Gasteiger partial charge is 0.279 e. The summed E-state index contributed by atoms with van der Waals surface area (Å²) in [6, 6.07) is 31.4. The molecule has 1 saturated heterocycles. The van der Waals surface area contributed by atoms with Crippen molar-refractivity contribution in [3.8, 4) is 11.4 Å². The lowest BCUT2D eigenvalue weighted by molar-refractivity contribution is -0.146. The second kappa shape index (κ2) is 14.1. The van der Waals surface area contributed by atoms with Crippen LogP contribution in [0.1, 0.15) is 30.2 Å². The molecule has 1 fully saturated rings. The van der Waals surface area contributed by atoms with Crippen LogP contribution in [0.4, 0.5) is 5.69 Å². The quantitative estimate of drug-likeness (QED) is 0.176. The standard InChI is InChI=1S/C42H44N6O5Si/c1-28-39(54(3,4)34-18-16-33(52-2)17-19-34)38(20-22-46-27-31(21-23-49)44-45-46)53-42(28)36-14-7-8-15-37(36)47(41(42)51)26-29-10-9-12-32(24-29)48-40(50)35-13-6-5-11-30(35)25-43-48/h5-19,24-25,27-28,38-39,49H,20-23,26H2,1-4H3/t28-,38+,39-,42+/m0/s1. The monoisotopic (exact) mass is 740 g/mol. The van der Waals surface area contributed by atoms with Crippen molar-refractivity contribution in [3.63, 3.8) is 0 Å². The van der Waals surface area contributed by atoms with Crippen LogP contribution < -0.4 is 20.4 Å². The Hall–Kier alpha value is -5.43. The molecule has 6 aromatic rings. The van der Waals surface area contributed by atoms with Gasteiger partial charge in [0.05, 0.1) is 56.5 Å². The van der Waals surface area contributed by atoms with Crippen LogP contribution >= 0.6 is 0 Å². The number of carbonyl (C=O) groups excluding carboxylic acids is 1. The minimum Gasteiger partial charge on any atom is -0.497 e. The zero-order chi connectivity index (χ0) is 37.6. The maximum atomic E-state index is 15.2. The third-order valence-electron chi connectivity index (χ3n) is 11.5. The van der Waals surface area contributed by atoms with Crippen LogP contribution in [0.5, 0.6) is 5.75 Å². The lowest BCUT2D eigenvalue weighted by Crippen LogP contribution is -2.51. The van der Waals surface area contributed by atoms with Crippen LogP contribution in [0.15, 0.2) is 114 Å². The number of benzene rings is 4. The van der Waals surface area contributed by atoms with Crippen LogP contribution in [-0.4, -0.2) is 63.7 Å². The van der Waals surface area contributed by atoms with Crippen LogP contribution in [0.2, 0.25) is 18.6 Å². The molecule has 8 rings (SSSR count). The van der Waals surface area contributed by atoms with Crippen LogP contribution in [0.3, 0.4) is 0 Å². The first-order chi connectivity index (χ1) is 26.1. The molecule has 0 bridgehead atoms. The third kappa shape index (κ3) is 5.94. The van der Waals surface area contributed by atoms with E-state index in [-0.39, 0.29) is 35.6 Å². The SMILES string of the molecule is COc1ccc([Si](C)(C)[C@@H]2[C@@H](CCn3cc(CCO)nn3)O[C@]3(C(=O)N(Cc4cccc(-n5ncc6ccccc6c5=O)c4)c4ccccc43)[C@H]2C)cc1. The summed E-state index contributed by atoms with van der Waals surface area (Å²) < 4.78 is 16.0. The van der Waals surface area contributed by atoms with Crippen molar-refractivity contribution < 1.29 is 19.4 Å². The summed E-state index contributed by atoms with van der Waals surface area (Å²) >= 11 is 0. The number of para-hydroxylation sites is 1. The van der Waals surface area contributed by atoms with Crippen molar-refractivity contribution in [2.45, 2.75) is 63.2 Å². The van der Waals surface area contributed by atoms with Gasteiger partial charge in [0, 0.05) is 42.6 Å². The van der Waals surface area contributed by atoms with E-state index in [2.05, 4.69) is 47.6 Å². The number of ether oxygens (including phenoxy) is 2. The Morgan fingerprint density at radius 3 is 2.54 bits per heavy atom. The molecular weight excluding hydrogens is 697 g/mol. The Morgan fingerprint density at radius 2 is 1.74 bits per heavy atom. The number of rotatable bonds is 11. The lowest BCUT2D eigenvalue weighted by Gasteiger charge is -2.37. The molecule has 0 radical (unpaired) electrons. The van der Waals surface area contributed by atoms with Gasteiger partial charge in [-0.05, 0) is 53.9 Å². The highest BCUT2D eigenvalue weighted by Gasteiger charge is 2.66. The van der Waals surface area contributed by atoms with Gasteiger partial charge in [0.15, 0.2) is 5.60 Å². The van der Waals surface area contributed by atoms with Gasteiger partial charge >= 0.3 is 0 Å². The van der Waals surface area contributed by atoms with Gasteiger partial charge in [0.25, 0.3) is 11.5 Å². The van der Waals surface area contributed by atoms with Gasteiger partial charge in [-0.3, -0.25) is 14.3 Å². The summed E-state index contributed by atoms with van der Waals surface area (Å²) in [5, 5.41) is 25.1. The molecule has 4 atom stereocenters. The van der Waals surface area contributed by atoms with Crippen LogP contribution in [0.25, 0.3) is 16.5 Å². The van der Waals surface area contributed by atoms with Crippen molar-refractivity contribution in [2.24, 2.45) is 5.92 Å². The second-order valence-electron chi connectivity index (χ2n) is 14.9. The van der Waals surface area contributed by atoms with E-state index in [1.165, 1.54) is 9.87 Å². The Labute approximate surface area is 314 Å². The number of anilines is 1. The van der Waals surface area contributed by atoms with Gasteiger partial charge in [-0.1, -0.05) is 91.1 Å². The minimum atomic E-state index is -2.33. The second-order valence-corrected chi connectivity index (χ2v) is 19.6. The summed E-state index contributed by atoms with van der Waals surface area (Å²) in [5.74, 6) is 0.566. The number of hydrogen-bond acceptors (Lipinski definition) is 8. The fourth-order valence-corrected chi connectivity index (χ4v) is 12.9. The molecule has 4 heterocycles. The number of amides is 1. The van der Waals surface area contributed by atoms with Crippen LogP contribution in [0, 0.1) is 5.92 Å². The minimum absolute atomic E-state index is 0.00927. The Balaban J connectivity index is 1.15. The molecule has 12 heteroatoms. The number of aryl methyl sites for hydroxylation is 1. The van der Waals surface area contributed by atoms with Crippen molar-refractivity contribution in [2.75, 3.05) is 18.6 Å². The number of methoxy groups -OCH3 is 1. The number of hydrogen-bond donors (Lipinski definition) is 1. The molecule has 1 spiro atoms. The molecular formula is C42H44N6O5Si. The van der Waals surface area contributed by atoms with Gasteiger partial charge in [-0.2, -0.15) is 9.78 Å². The van der Waals surface area contributed by atoms with E-state index >= 15 is 4.79 Å². The molecule has 0 unspecified atom stereocenters. The van der Waals surface area contributed by atoms with E-state index < -0.39 is 13.7 Å². The van der Waals surface area contributed by atoms with E-state index in [0.717, 1.165) is 33.6 Å². The molecule has 1 N–H and O–H groups in total. The topological polar surface area (TPSA) is 125 Å². The predicted octanol–water partition coefficient (Wildman–Crippen LogP) is 5.37. The molecule has 0 saturated carbocycles. The van der Waals surface area contributed by atoms with E-state index in [9.17, 15) is 9.90 Å². The number of carbonyl (C=O) groups is 1. The first-order valence-corrected chi connectivity index (χ1v) is 21.5. The summed E-state index contributed by atoms with van der Waals surface area (Å²) in [6.45, 7) is 7.80. The Kier molecular flexibility index (Phi) is 9.28. The van der Waals surface area contributed by atoms with E-state index in [1.54, 1.807) is 13.3 Å². The molecule has 2 aliphatic heterocycles. The highest BCUT2D eigenvalue weighted by Crippen LogP contribution is 2.60. The molecule has 0 aliphatic carbocycles. The van der Waals surface area contributed by atoms with E-state index in [4.69, 9.17) is 9.47 Å². The summed E-state index contributed by atoms with van der Waals surface area (Å²) in [4.78, 5) is 30.5. The number of fused-ring (bicyclic) bond motifs is 3. The zero-order valence-corrected chi connectivity index (χ0v) is 31.9.